The fourth-order valence-electron chi connectivity index (χ4n) is 1.03. The number of rotatable bonds is 2. The highest BCUT2D eigenvalue weighted by molar-refractivity contribution is 7.98. The molecule has 0 bridgehead atoms. The van der Waals surface area contributed by atoms with Crippen LogP contribution in [-0.4, -0.2) is 40.6 Å². The third-order valence-electron chi connectivity index (χ3n) is 1.74. The van der Waals surface area contributed by atoms with Gasteiger partial charge in [-0.05, 0) is 10.8 Å². The monoisotopic (exact) mass is 242 g/mol. The van der Waals surface area contributed by atoms with E-state index >= 15 is 0 Å². The third kappa shape index (κ3) is 2.25. The Morgan fingerprint density at radius 3 is 2.73 bits per heavy atom. The van der Waals surface area contributed by atoms with Crippen LogP contribution in [0.5, 0.6) is 0 Å². The third-order valence-corrected chi connectivity index (χ3v) is 2.94. The summed E-state index contributed by atoms with van der Waals surface area (Å²) in [7, 11) is 1.23. The van der Waals surface area contributed by atoms with Crippen LogP contribution in [0.15, 0.2) is 4.90 Å². The number of nitrogen functional groups attached to an aromatic ring is 1. The smallest absolute Gasteiger partial charge is 0.357 e. The molecule has 0 spiro atoms. The molecule has 4 nitrogen and oxygen atoms in total. The van der Waals surface area contributed by atoms with E-state index in [4.69, 9.17) is 5.73 Å². The van der Waals surface area contributed by atoms with Crippen molar-refractivity contribution in [1.82, 2.24) is 4.98 Å². The second-order valence-electron chi connectivity index (χ2n) is 2.60. The van der Waals surface area contributed by atoms with Gasteiger partial charge in [0.2, 0.25) is 16.3 Å². The lowest BCUT2D eigenvalue weighted by Gasteiger charge is -2.10. The number of esters is 1. The summed E-state index contributed by atoms with van der Waals surface area (Å²) < 4.78 is 17.9. The van der Waals surface area contributed by atoms with Crippen molar-refractivity contribution in [2.45, 2.75) is 4.90 Å². The molecule has 0 amide bonds. The number of carbonyl (C=O) groups excluding carboxylic acids is 1. The van der Waals surface area contributed by atoms with Gasteiger partial charge in [0, 0.05) is 0 Å². The summed E-state index contributed by atoms with van der Waals surface area (Å²) in [5.41, 5.74) is 5.49. The number of carbonyl (C=O) groups is 1. The Hall–Kier alpha value is -0.768. The summed E-state index contributed by atoms with van der Waals surface area (Å²) in [6, 6.07) is 0. The summed E-state index contributed by atoms with van der Waals surface area (Å²) in [6.45, 7) is 0. The van der Waals surface area contributed by atoms with Crippen LogP contribution in [0.2, 0.25) is 0 Å². The van der Waals surface area contributed by atoms with Crippen LogP contribution in [0, 0.1) is 5.82 Å². The molecule has 1 aromatic heterocycles. The Kier molecular flexibility index (Phi) is 3.97. The van der Waals surface area contributed by atoms with Gasteiger partial charge in [-0.15, -0.1) is 11.8 Å². The predicted octanol–water partition coefficient (Wildman–Crippen LogP) is 0.105. The summed E-state index contributed by atoms with van der Waals surface area (Å²) >= 11 is 3.23. The molecule has 0 aliphatic rings. The Balaban J connectivity index is 3.45. The Labute approximate surface area is 98.8 Å². The molecule has 2 radical (unpaired) electrons. The van der Waals surface area contributed by atoms with E-state index in [2.05, 4.69) is 26.0 Å². The lowest BCUT2D eigenvalue weighted by Crippen LogP contribution is -2.22. The van der Waals surface area contributed by atoms with Crippen molar-refractivity contribution in [3.63, 3.8) is 0 Å². The minimum atomic E-state index is -0.630. The topological polar surface area (TPSA) is 65.2 Å². The van der Waals surface area contributed by atoms with Crippen molar-refractivity contribution in [1.29, 1.82) is 0 Å². The first-order valence-electron chi connectivity index (χ1n) is 3.89. The predicted molar refractivity (Wildman–Crippen MR) is 57.1 cm³/mol. The molecular weight excluding hydrogens is 234 g/mol. The number of hydrogen-bond acceptors (Lipinski definition) is 5. The van der Waals surface area contributed by atoms with Gasteiger partial charge in [0.1, 0.15) is 5.82 Å². The first-order valence-corrected chi connectivity index (χ1v) is 5.69. The zero-order chi connectivity index (χ0) is 11.6. The van der Waals surface area contributed by atoms with Crippen LogP contribution in [0.25, 0.3) is 0 Å². The first kappa shape index (κ1) is 12.3. The number of nitrogens with zero attached hydrogens (tertiary/aromatic N) is 1. The van der Waals surface area contributed by atoms with Gasteiger partial charge in [-0.1, -0.05) is 0 Å². The molecule has 1 aromatic rings. The zero-order valence-corrected chi connectivity index (χ0v) is 10.2. The largest absolute Gasteiger partial charge is 0.464 e. The molecule has 0 atom stereocenters. The number of thioether (sulfide) groups is 1. The van der Waals surface area contributed by atoms with Crippen LogP contribution in [0.4, 0.5) is 10.1 Å². The van der Waals surface area contributed by atoms with E-state index in [-0.39, 0.29) is 15.9 Å². The maximum absolute atomic E-state index is 13.4. The van der Waals surface area contributed by atoms with Gasteiger partial charge < -0.3 is 10.5 Å². The minimum Gasteiger partial charge on any atom is -0.464 e. The lowest BCUT2D eigenvalue weighted by molar-refractivity contribution is 0.0590. The first-order chi connectivity index (χ1) is 7.02. The second kappa shape index (κ2) is 4.84. The zero-order valence-electron chi connectivity index (χ0n) is 8.20. The molecule has 0 aromatic carbocycles. The Bertz CT molecular complexity index is 414. The SMILES string of the molecule is COC(=O)c1n[c]([Al])c(F)c(N)c1SC. The van der Waals surface area contributed by atoms with E-state index in [9.17, 15) is 9.18 Å². The summed E-state index contributed by atoms with van der Waals surface area (Å²) in [5, 5.41) is 0. The number of anilines is 1. The lowest BCUT2D eigenvalue weighted by atomic mass is 10.3. The van der Waals surface area contributed by atoms with Crippen LogP contribution >= 0.6 is 11.8 Å². The Morgan fingerprint density at radius 2 is 2.27 bits per heavy atom. The van der Waals surface area contributed by atoms with Gasteiger partial charge in [0.05, 0.1) is 17.7 Å². The molecule has 15 heavy (non-hydrogen) atoms. The van der Waals surface area contributed by atoms with E-state index in [1.165, 1.54) is 7.11 Å². The van der Waals surface area contributed by atoms with Crippen LogP contribution in [0.1, 0.15) is 10.5 Å². The van der Waals surface area contributed by atoms with Crippen molar-refractivity contribution >= 4 is 44.3 Å². The molecule has 0 saturated carbocycles. The van der Waals surface area contributed by atoms with Gasteiger partial charge in [-0.2, -0.15) is 0 Å². The molecule has 1 rings (SSSR count). The normalized spacial score (nSPS) is 10.1. The quantitative estimate of drug-likeness (QED) is 0.453. The number of nitrogens with two attached hydrogens (primary N) is 1. The van der Waals surface area contributed by atoms with Gasteiger partial charge >= 0.3 is 5.97 Å². The van der Waals surface area contributed by atoms with Crippen LogP contribution < -0.4 is 10.3 Å². The highest BCUT2D eigenvalue weighted by Crippen LogP contribution is 2.27. The van der Waals surface area contributed by atoms with Crippen LogP contribution in [0.3, 0.4) is 0 Å². The van der Waals surface area contributed by atoms with Crippen molar-refractivity contribution in [2.24, 2.45) is 0 Å². The summed E-state index contributed by atoms with van der Waals surface area (Å²) in [6.07, 6.45) is 1.68. The van der Waals surface area contributed by atoms with Gasteiger partial charge in [-0.25, -0.2) is 9.18 Å². The average molecular weight is 242 g/mol. The fourth-order valence-corrected chi connectivity index (χ4v) is 1.94. The highest BCUT2D eigenvalue weighted by Gasteiger charge is 2.19. The molecular formula is C8H8AlFN2O2S. The maximum Gasteiger partial charge on any atom is 0.357 e. The molecule has 2 N–H and O–H groups in total. The number of ether oxygens (including phenoxy) is 1. The molecule has 0 aliphatic heterocycles. The van der Waals surface area contributed by atoms with Crippen molar-refractivity contribution in [3.05, 3.63) is 11.5 Å². The second-order valence-corrected chi connectivity index (χ2v) is 3.96. The number of aromatic nitrogens is 1. The number of pyridine rings is 1. The number of hydrogen-bond donors (Lipinski definition) is 1. The molecule has 1 heterocycles. The van der Waals surface area contributed by atoms with Gasteiger partial charge in [0.15, 0.2) is 5.69 Å². The standard InChI is InChI=1S/C8H8FN2O2S.Al/c1-13-8(12)6-7(14-2)5(10)4(9)3-11-6;/h1-2H3,(H2,10,11);. The van der Waals surface area contributed by atoms with E-state index in [0.717, 1.165) is 11.8 Å². The maximum atomic E-state index is 13.4. The van der Waals surface area contributed by atoms with Crippen molar-refractivity contribution < 1.29 is 13.9 Å². The molecule has 78 valence electrons. The number of halogens is 1. The van der Waals surface area contributed by atoms with Gasteiger partial charge in [0.25, 0.3) is 0 Å². The Morgan fingerprint density at radius 1 is 1.67 bits per heavy atom. The summed E-state index contributed by atoms with van der Waals surface area (Å²) in [5.74, 6) is -1.26. The highest BCUT2D eigenvalue weighted by atomic mass is 32.2. The molecule has 0 saturated heterocycles. The van der Waals surface area contributed by atoms with E-state index in [1.54, 1.807) is 6.26 Å². The van der Waals surface area contributed by atoms with Crippen molar-refractivity contribution in [2.75, 3.05) is 19.1 Å². The molecule has 0 fully saturated rings. The minimum absolute atomic E-state index is 0.00528. The van der Waals surface area contributed by atoms with E-state index < -0.39 is 11.8 Å². The fraction of sp³-hybridized carbons (Fsp3) is 0.250. The molecule has 0 unspecified atom stereocenters. The number of methoxy groups -OCH3 is 1. The molecule has 7 heteroatoms. The average Bonchev–Trinajstić information content (AvgIpc) is 2.24. The van der Waals surface area contributed by atoms with E-state index in [0.29, 0.717) is 4.90 Å². The van der Waals surface area contributed by atoms with E-state index in [1.807, 2.05) is 0 Å². The van der Waals surface area contributed by atoms with Crippen molar-refractivity contribution in [3.8, 4) is 0 Å². The van der Waals surface area contributed by atoms with Gasteiger partial charge in [-0.3, -0.25) is 4.98 Å². The van der Waals surface area contributed by atoms with Crippen LogP contribution in [-0.2, 0) is 4.74 Å². The summed E-state index contributed by atoms with van der Waals surface area (Å²) in [4.78, 5) is 15.4. The molecule has 0 aliphatic carbocycles.